The third-order valence-electron chi connectivity index (χ3n) is 11.4. The normalized spacial score (nSPS) is 11.3. The van der Waals surface area contributed by atoms with Crippen LogP contribution in [-0.4, -0.2) is 54.5 Å². The van der Waals surface area contributed by atoms with Crippen LogP contribution in [0.1, 0.15) is 304 Å². The van der Waals surface area contributed by atoms with Gasteiger partial charge in [-0.15, -0.1) is 0 Å². The molecular formula is C57H110O9. The van der Waals surface area contributed by atoms with Gasteiger partial charge in [0.1, 0.15) is 0 Å². The summed E-state index contributed by atoms with van der Waals surface area (Å²) in [4.78, 5) is 31.0. The topological polar surface area (TPSA) is 173 Å². The van der Waals surface area contributed by atoms with Gasteiger partial charge in [0.25, 0.3) is 5.97 Å². The lowest BCUT2D eigenvalue weighted by atomic mass is 10.1. The van der Waals surface area contributed by atoms with Crippen molar-refractivity contribution in [3.63, 3.8) is 0 Å². The summed E-state index contributed by atoms with van der Waals surface area (Å²) < 4.78 is 0. The first-order chi connectivity index (χ1) is 31.9. The molecule has 6 N–H and O–H groups in total. The summed E-state index contributed by atoms with van der Waals surface area (Å²) in [6, 6.07) is 0. The molecule has 0 fully saturated rings. The van der Waals surface area contributed by atoms with Crippen molar-refractivity contribution in [3.8, 4) is 0 Å². The van der Waals surface area contributed by atoms with E-state index in [2.05, 4.69) is 57.2 Å². The van der Waals surface area contributed by atoms with Crippen molar-refractivity contribution < 1.29 is 45.0 Å². The summed E-state index contributed by atoms with van der Waals surface area (Å²) in [5, 5.41) is 49.3. The lowest BCUT2D eigenvalue weighted by Gasteiger charge is -2.08. The Kier molecular flexibility index (Phi) is 66.4. The molecule has 0 heterocycles. The zero-order chi connectivity index (χ0) is 49.9. The fraction of sp³-hybridized carbons (Fsp3) is 0.842. The molecule has 9 heteroatoms. The molecule has 0 atom stereocenters. The fourth-order valence-electron chi connectivity index (χ4n) is 7.04. The number of aliphatic hydroxyl groups is 3. The van der Waals surface area contributed by atoms with Gasteiger partial charge in [0, 0.05) is 25.7 Å². The molecule has 0 aromatic rings. The molecule has 0 aromatic heterocycles. The van der Waals surface area contributed by atoms with Gasteiger partial charge in [0.15, 0.2) is 0 Å². The number of aliphatic carboxylic acids is 3. The van der Waals surface area contributed by atoms with Crippen LogP contribution in [0.4, 0.5) is 0 Å². The van der Waals surface area contributed by atoms with Crippen LogP contribution in [0.15, 0.2) is 36.5 Å². The molecule has 0 saturated carbocycles. The standard InChI is InChI=1S/3C18H34O2.C3H8O3/c3*1-2-3-4-5-6-7-8-9-10-11-12-13-14-15-16-17-18(19)20;1-2-3(4,5)6/h3*9-10H,2-8,11-17H2,1H3,(H,19,20);4-6H,2H2,1H3/b3*10-9-;. The summed E-state index contributed by atoms with van der Waals surface area (Å²) in [5.74, 6) is -4.45. The maximum atomic E-state index is 10.3. The molecule has 0 spiro atoms. The van der Waals surface area contributed by atoms with E-state index in [0.29, 0.717) is 19.3 Å². The van der Waals surface area contributed by atoms with Crippen molar-refractivity contribution in [2.45, 2.75) is 310 Å². The highest BCUT2D eigenvalue weighted by Crippen LogP contribution is 2.13. The van der Waals surface area contributed by atoms with Gasteiger partial charge in [-0.1, -0.05) is 218 Å². The van der Waals surface area contributed by atoms with Gasteiger partial charge in [-0.2, -0.15) is 0 Å². The molecule has 0 radical (unpaired) electrons. The number of hydrogen-bond donors (Lipinski definition) is 6. The van der Waals surface area contributed by atoms with Crippen molar-refractivity contribution in [2.24, 2.45) is 0 Å². The lowest BCUT2D eigenvalue weighted by molar-refractivity contribution is -0.312. The number of carboxylic acids is 3. The minimum atomic E-state index is -2.46. The Morgan fingerprint density at radius 1 is 0.288 bits per heavy atom. The van der Waals surface area contributed by atoms with Crippen molar-refractivity contribution >= 4 is 17.9 Å². The molecule has 9 nitrogen and oxygen atoms in total. The highest BCUT2D eigenvalue weighted by molar-refractivity contribution is 5.67. The van der Waals surface area contributed by atoms with Crippen LogP contribution in [0.5, 0.6) is 0 Å². The molecule has 392 valence electrons. The Balaban J connectivity index is -0.000000410. The van der Waals surface area contributed by atoms with E-state index in [1.807, 2.05) is 0 Å². The lowest BCUT2D eigenvalue weighted by Crippen LogP contribution is -2.24. The Morgan fingerprint density at radius 2 is 0.439 bits per heavy atom. The van der Waals surface area contributed by atoms with Crippen LogP contribution in [0, 0.1) is 0 Å². The second-order valence-corrected chi connectivity index (χ2v) is 18.3. The average Bonchev–Trinajstić information content (AvgIpc) is 3.27. The molecule has 0 rings (SSSR count). The second-order valence-electron chi connectivity index (χ2n) is 18.3. The van der Waals surface area contributed by atoms with Crippen LogP contribution in [0.25, 0.3) is 0 Å². The summed E-state index contributed by atoms with van der Waals surface area (Å²) >= 11 is 0. The molecular weight excluding hydrogens is 829 g/mol. The molecule has 0 bridgehead atoms. The summed E-state index contributed by atoms with van der Waals surface area (Å²) in [5.41, 5.74) is 0. The van der Waals surface area contributed by atoms with E-state index < -0.39 is 23.9 Å². The Labute approximate surface area is 407 Å². The van der Waals surface area contributed by atoms with E-state index in [4.69, 9.17) is 30.6 Å². The predicted molar refractivity (Wildman–Crippen MR) is 281 cm³/mol. The maximum Gasteiger partial charge on any atom is 0.303 e. The molecule has 0 aliphatic carbocycles. The van der Waals surface area contributed by atoms with Crippen LogP contribution < -0.4 is 0 Å². The first kappa shape index (κ1) is 70.1. The number of rotatable bonds is 46. The smallest absolute Gasteiger partial charge is 0.303 e. The Bertz CT molecular complexity index is 928. The molecule has 0 unspecified atom stereocenters. The second kappa shape index (κ2) is 62.5. The van der Waals surface area contributed by atoms with Crippen LogP contribution >= 0.6 is 0 Å². The fourth-order valence-corrected chi connectivity index (χ4v) is 7.04. The highest BCUT2D eigenvalue weighted by Gasteiger charge is 2.12. The van der Waals surface area contributed by atoms with Gasteiger partial charge in [0.2, 0.25) is 0 Å². The summed E-state index contributed by atoms with van der Waals surface area (Å²) in [7, 11) is 0. The number of carboxylic acid groups (broad SMARTS) is 3. The highest BCUT2D eigenvalue weighted by atomic mass is 16.7. The van der Waals surface area contributed by atoms with Gasteiger partial charge >= 0.3 is 17.9 Å². The molecule has 0 saturated heterocycles. The third-order valence-corrected chi connectivity index (χ3v) is 11.4. The van der Waals surface area contributed by atoms with Crippen LogP contribution in [0.2, 0.25) is 0 Å². The number of allylic oxidation sites excluding steroid dienone is 6. The van der Waals surface area contributed by atoms with Crippen molar-refractivity contribution in [1.29, 1.82) is 0 Å². The van der Waals surface area contributed by atoms with Crippen LogP contribution in [-0.2, 0) is 14.4 Å². The largest absolute Gasteiger partial charge is 0.481 e. The first-order valence-electron chi connectivity index (χ1n) is 27.6. The van der Waals surface area contributed by atoms with Gasteiger partial charge in [0.05, 0.1) is 0 Å². The first-order valence-corrected chi connectivity index (χ1v) is 27.6. The van der Waals surface area contributed by atoms with Gasteiger partial charge < -0.3 is 30.6 Å². The maximum absolute atomic E-state index is 10.3. The van der Waals surface area contributed by atoms with Gasteiger partial charge in [-0.05, 0) is 96.3 Å². The number of carbonyl (C=O) groups is 3. The minimum absolute atomic E-state index is 0.0625. The van der Waals surface area contributed by atoms with Crippen molar-refractivity contribution in [2.75, 3.05) is 0 Å². The Morgan fingerprint density at radius 3 is 0.591 bits per heavy atom. The average molecular weight is 939 g/mol. The molecule has 0 amide bonds. The quantitative estimate of drug-likeness (QED) is 0.0197. The molecule has 0 aliphatic rings. The van der Waals surface area contributed by atoms with Gasteiger partial charge in [-0.25, -0.2) is 0 Å². The summed E-state index contributed by atoms with van der Waals surface area (Å²) in [6.45, 7) is 8.23. The number of hydrogen-bond acceptors (Lipinski definition) is 6. The summed E-state index contributed by atoms with van der Waals surface area (Å²) in [6.07, 6.45) is 63.7. The zero-order valence-electron chi connectivity index (χ0n) is 43.8. The van der Waals surface area contributed by atoms with Crippen LogP contribution in [0.3, 0.4) is 0 Å². The van der Waals surface area contributed by atoms with E-state index in [9.17, 15) is 14.4 Å². The van der Waals surface area contributed by atoms with E-state index >= 15 is 0 Å². The number of unbranched alkanes of at least 4 members (excludes halogenated alkanes) is 33. The van der Waals surface area contributed by atoms with E-state index in [1.165, 1.54) is 219 Å². The van der Waals surface area contributed by atoms with E-state index in [-0.39, 0.29) is 6.42 Å². The Hall–Kier alpha value is -2.49. The van der Waals surface area contributed by atoms with E-state index in [1.54, 1.807) is 0 Å². The molecule has 0 aliphatic heterocycles. The SMILES string of the molecule is CCC(O)(O)O.CCCCCCCC/C=C\CCCCCCCC(=O)O.CCCCCCCC/C=C\CCCCCCCC(=O)O.CCCCCCCC/C=C\CCCCCCCC(=O)O. The van der Waals surface area contributed by atoms with Crippen molar-refractivity contribution in [1.82, 2.24) is 0 Å². The zero-order valence-corrected chi connectivity index (χ0v) is 43.8. The van der Waals surface area contributed by atoms with Crippen molar-refractivity contribution in [3.05, 3.63) is 36.5 Å². The third kappa shape index (κ3) is 84.9. The molecule has 66 heavy (non-hydrogen) atoms. The molecule has 0 aromatic carbocycles. The van der Waals surface area contributed by atoms with Gasteiger partial charge in [-0.3, -0.25) is 14.4 Å². The van der Waals surface area contributed by atoms with E-state index in [0.717, 1.165) is 38.5 Å². The minimum Gasteiger partial charge on any atom is -0.481 e. The monoisotopic (exact) mass is 939 g/mol. The predicted octanol–water partition coefficient (Wildman–Crippen LogP) is 17.4.